The molecule has 1 heterocycles. The molecule has 3 rings (SSSR count). The molecule has 0 spiro atoms. The first kappa shape index (κ1) is 31.1. The SMILES string of the molecule is Br.CCOc1cc2c(cc1C(=O)NC)C(=N)N(CC(=O)c1cc(NCC(C)C)c(OC)c(C(C)(C)C)c1)C2. The molecule has 208 valence electrons. The van der Waals surface area contributed by atoms with E-state index >= 15 is 0 Å². The molecule has 1 aliphatic rings. The predicted octanol–water partition coefficient (Wildman–Crippen LogP) is 5.42. The number of rotatable bonds is 10. The number of methoxy groups -OCH3 is 1. The Bertz CT molecular complexity index is 1200. The zero-order valence-electron chi connectivity index (χ0n) is 23.7. The van der Waals surface area contributed by atoms with Gasteiger partial charge in [-0.25, -0.2) is 0 Å². The minimum absolute atomic E-state index is 0. The molecule has 0 bridgehead atoms. The van der Waals surface area contributed by atoms with Crippen molar-refractivity contribution in [1.82, 2.24) is 10.2 Å². The number of amides is 1. The van der Waals surface area contributed by atoms with Crippen LogP contribution in [0.1, 0.15) is 78.9 Å². The number of hydrogen-bond donors (Lipinski definition) is 3. The van der Waals surface area contributed by atoms with Crippen LogP contribution in [-0.4, -0.2) is 56.3 Å². The predicted molar refractivity (Wildman–Crippen MR) is 158 cm³/mol. The monoisotopic (exact) mass is 588 g/mol. The minimum atomic E-state index is -0.275. The molecule has 38 heavy (non-hydrogen) atoms. The molecular formula is C29H41BrN4O4. The van der Waals surface area contributed by atoms with Crippen molar-refractivity contribution in [2.24, 2.45) is 5.92 Å². The van der Waals surface area contributed by atoms with E-state index < -0.39 is 0 Å². The van der Waals surface area contributed by atoms with Crippen LogP contribution in [0.2, 0.25) is 0 Å². The summed E-state index contributed by atoms with van der Waals surface area (Å²) < 4.78 is 11.5. The van der Waals surface area contributed by atoms with Gasteiger partial charge in [-0.15, -0.1) is 17.0 Å². The number of carbonyl (C=O) groups is 2. The third kappa shape index (κ3) is 6.67. The average Bonchev–Trinajstić information content (AvgIpc) is 3.14. The molecule has 0 aliphatic carbocycles. The number of ketones is 1. The number of carbonyl (C=O) groups excluding carboxylic acids is 2. The summed E-state index contributed by atoms with van der Waals surface area (Å²) in [7, 11) is 3.21. The third-order valence-electron chi connectivity index (χ3n) is 6.37. The third-order valence-corrected chi connectivity index (χ3v) is 6.37. The Hall–Kier alpha value is -3.07. The van der Waals surface area contributed by atoms with E-state index in [9.17, 15) is 9.59 Å². The highest BCUT2D eigenvalue weighted by molar-refractivity contribution is 8.93. The van der Waals surface area contributed by atoms with Crippen molar-refractivity contribution in [3.63, 3.8) is 0 Å². The van der Waals surface area contributed by atoms with Crippen molar-refractivity contribution in [3.05, 3.63) is 52.1 Å². The van der Waals surface area contributed by atoms with Crippen LogP contribution in [0.15, 0.2) is 24.3 Å². The van der Waals surface area contributed by atoms with Crippen LogP contribution in [0.5, 0.6) is 11.5 Å². The Kier molecular flexibility index (Phi) is 10.4. The topological polar surface area (TPSA) is 104 Å². The van der Waals surface area contributed by atoms with Gasteiger partial charge in [-0.2, -0.15) is 0 Å². The van der Waals surface area contributed by atoms with E-state index in [1.165, 1.54) is 0 Å². The van der Waals surface area contributed by atoms with Crippen molar-refractivity contribution in [2.45, 2.75) is 53.5 Å². The Balaban J connectivity index is 0.00000507. The fraction of sp³-hybridized carbons (Fsp3) is 0.483. The Morgan fingerprint density at radius 2 is 1.84 bits per heavy atom. The van der Waals surface area contributed by atoms with Crippen LogP contribution in [0.25, 0.3) is 0 Å². The molecule has 9 heteroatoms. The summed E-state index contributed by atoms with van der Waals surface area (Å²) in [6.07, 6.45) is 0. The van der Waals surface area contributed by atoms with Crippen molar-refractivity contribution in [3.8, 4) is 11.5 Å². The second kappa shape index (κ2) is 12.7. The van der Waals surface area contributed by atoms with Crippen molar-refractivity contribution in [2.75, 3.05) is 39.2 Å². The number of anilines is 1. The first-order valence-electron chi connectivity index (χ1n) is 12.8. The molecule has 0 saturated carbocycles. The zero-order chi connectivity index (χ0) is 27.5. The first-order chi connectivity index (χ1) is 17.4. The van der Waals surface area contributed by atoms with Gasteiger partial charge in [0.15, 0.2) is 5.78 Å². The summed E-state index contributed by atoms with van der Waals surface area (Å²) in [5.41, 5.74) is 3.95. The van der Waals surface area contributed by atoms with Gasteiger partial charge in [-0.05, 0) is 48.1 Å². The van der Waals surface area contributed by atoms with E-state index in [-0.39, 0.29) is 46.5 Å². The fourth-order valence-electron chi connectivity index (χ4n) is 4.43. The van der Waals surface area contributed by atoms with Crippen LogP contribution in [0, 0.1) is 11.3 Å². The lowest BCUT2D eigenvalue weighted by Crippen LogP contribution is -2.30. The van der Waals surface area contributed by atoms with Gasteiger partial charge >= 0.3 is 0 Å². The van der Waals surface area contributed by atoms with Crippen molar-refractivity contribution < 1.29 is 19.1 Å². The van der Waals surface area contributed by atoms with Gasteiger partial charge in [-0.1, -0.05) is 34.6 Å². The second-order valence-electron chi connectivity index (χ2n) is 10.8. The second-order valence-corrected chi connectivity index (χ2v) is 10.8. The fourth-order valence-corrected chi connectivity index (χ4v) is 4.43. The highest BCUT2D eigenvalue weighted by atomic mass is 79.9. The normalized spacial score (nSPS) is 12.7. The number of nitrogens with zero attached hydrogens (tertiary/aromatic N) is 1. The number of nitrogens with one attached hydrogen (secondary N) is 3. The maximum absolute atomic E-state index is 13.6. The Labute approximate surface area is 236 Å². The average molecular weight is 590 g/mol. The quantitative estimate of drug-likeness (QED) is 0.320. The van der Waals surface area contributed by atoms with Gasteiger partial charge in [0.25, 0.3) is 5.91 Å². The maximum Gasteiger partial charge on any atom is 0.254 e. The molecule has 0 atom stereocenters. The smallest absolute Gasteiger partial charge is 0.254 e. The number of Topliss-reactive ketones (excluding diaryl/α,β-unsaturated/α-hetero) is 1. The molecule has 2 aromatic carbocycles. The number of amidine groups is 1. The van der Waals surface area contributed by atoms with Crippen LogP contribution >= 0.6 is 17.0 Å². The lowest BCUT2D eigenvalue weighted by atomic mass is 9.84. The number of ether oxygens (including phenoxy) is 2. The van der Waals surface area contributed by atoms with E-state index in [0.29, 0.717) is 41.5 Å². The van der Waals surface area contributed by atoms with Gasteiger partial charge in [0, 0.05) is 36.8 Å². The molecule has 1 aliphatic heterocycles. The lowest BCUT2D eigenvalue weighted by molar-refractivity contribution is 0.0953. The Morgan fingerprint density at radius 1 is 1.16 bits per heavy atom. The Morgan fingerprint density at radius 3 is 2.39 bits per heavy atom. The van der Waals surface area contributed by atoms with Gasteiger partial charge in [0.05, 0.1) is 31.5 Å². The van der Waals surface area contributed by atoms with Crippen LogP contribution in [0.4, 0.5) is 5.69 Å². The van der Waals surface area contributed by atoms with Gasteiger partial charge < -0.3 is 25.0 Å². The first-order valence-corrected chi connectivity index (χ1v) is 12.8. The highest BCUT2D eigenvalue weighted by Crippen LogP contribution is 2.39. The van der Waals surface area contributed by atoms with Crippen LogP contribution < -0.4 is 20.1 Å². The van der Waals surface area contributed by atoms with E-state index in [2.05, 4.69) is 45.3 Å². The molecule has 0 unspecified atom stereocenters. The summed E-state index contributed by atoms with van der Waals surface area (Å²) in [5, 5.41) is 14.8. The molecule has 8 nitrogen and oxygen atoms in total. The van der Waals surface area contributed by atoms with Gasteiger partial charge in [0.2, 0.25) is 0 Å². The molecule has 0 fully saturated rings. The van der Waals surface area contributed by atoms with Crippen molar-refractivity contribution in [1.29, 1.82) is 5.41 Å². The standard InChI is InChI=1S/C29H40N4O4.BrH/c1-9-37-25-12-19-15-33(27(30)20(19)13-21(25)28(35)31-7)16-24(34)18-10-22(29(4,5)6)26(36-8)23(11-18)32-14-17(2)3;/h10-13,17,30,32H,9,14-16H2,1-8H3,(H,31,35);1H. The van der Waals surface area contributed by atoms with E-state index in [0.717, 1.165) is 29.1 Å². The summed E-state index contributed by atoms with van der Waals surface area (Å²) in [6.45, 7) is 14.0. The molecule has 1 amide bonds. The highest BCUT2D eigenvalue weighted by Gasteiger charge is 2.30. The molecular weight excluding hydrogens is 548 g/mol. The van der Waals surface area contributed by atoms with Crippen molar-refractivity contribution >= 4 is 40.2 Å². The largest absolute Gasteiger partial charge is 0.494 e. The molecule has 3 N–H and O–H groups in total. The van der Waals surface area contributed by atoms with E-state index in [1.54, 1.807) is 31.2 Å². The summed E-state index contributed by atoms with van der Waals surface area (Å²) in [4.78, 5) is 27.7. The number of hydrogen-bond acceptors (Lipinski definition) is 6. The van der Waals surface area contributed by atoms with Gasteiger partial charge in [-0.3, -0.25) is 15.0 Å². The van der Waals surface area contributed by atoms with Crippen LogP contribution in [0.3, 0.4) is 0 Å². The maximum atomic E-state index is 13.6. The molecule has 0 radical (unpaired) electrons. The van der Waals surface area contributed by atoms with E-state index in [1.807, 2.05) is 19.1 Å². The number of benzene rings is 2. The lowest BCUT2D eigenvalue weighted by Gasteiger charge is -2.26. The molecule has 2 aromatic rings. The van der Waals surface area contributed by atoms with Gasteiger partial charge in [0.1, 0.15) is 17.3 Å². The summed E-state index contributed by atoms with van der Waals surface area (Å²) >= 11 is 0. The summed E-state index contributed by atoms with van der Waals surface area (Å²) in [5.74, 6) is 1.51. The molecule has 0 saturated heterocycles. The summed E-state index contributed by atoms with van der Waals surface area (Å²) in [6, 6.07) is 7.25. The van der Waals surface area contributed by atoms with Crippen LogP contribution in [-0.2, 0) is 12.0 Å². The minimum Gasteiger partial charge on any atom is -0.494 e. The number of halogens is 1. The number of fused-ring (bicyclic) bond motifs is 1. The van der Waals surface area contributed by atoms with E-state index in [4.69, 9.17) is 14.9 Å². The zero-order valence-corrected chi connectivity index (χ0v) is 25.4. The molecule has 0 aromatic heterocycles.